The SMILES string of the molecule is CCNC(=NCC(=O)N(C)C)N1CC=C(c2ccc(OCC)cc2)CC1. The van der Waals surface area contributed by atoms with Gasteiger partial charge in [-0.1, -0.05) is 18.2 Å². The smallest absolute Gasteiger partial charge is 0.243 e. The van der Waals surface area contributed by atoms with E-state index in [4.69, 9.17) is 4.74 Å². The number of carbonyl (C=O) groups excluding carboxylic acids is 1. The summed E-state index contributed by atoms with van der Waals surface area (Å²) in [4.78, 5) is 20.0. The van der Waals surface area contributed by atoms with Crippen molar-refractivity contribution in [2.45, 2.75) is 20.3 Å². The number of amides is 1. The van der Waals surface area contributed by atoms with Crippen molar-refractivity contribution in [3.8, 4) is 5.75 Å². The van der Waals surface area contributed by atoms with Gasteiger partial charge in [0, 0.05) is 33.7 Å². The van der Waals surface area contributed by atoms with Gasteiger partial charge in [-0.05, 0) is 43.5 Å². The number of nitrogens with one attached hydrogen (secondary N) is 1. The van der Waals surface area contributed by atoms with Gasteiger partial charge in [0.15, 0.2) is 5.96 Å². The predicted molar refractivity (Wildman–Crippen MR) is 106 cm³/mol. The van der Waals surface area contributed by atoms with E-state index in [9.17, 15) is 4.79 Å². The molecular formula is C20H30N4O2. The highest BCUT2D eigenvalue weighted by atomic mass is 16.5. The van der Waals surface area contributed by atoms with Gasteiger partial charge in [0.1, 0.15) is 12.3 Å². The minimum Gasteiger partial charge on any atom is -0.494 e. The number of aliphatic imine (C=N–C) groups is 1. The van der Waals surface area contributed by atoms with Crippen molar-refractivity contribution in [1.29, 1.82) is 0 Å². The van der Waals surface area contributed by atoms with Gasteiger partial charge in [0.05, 0.1) is 6.61 Å². The fourth-order valence-electron chi connectivity index (χ4n) is 2.77. The summed E-state index contributed by atoms with van der Waals surface area (Å²) in [5.74, 6) is 1.70. The Bertz CT molecular complexity index is 650. The predicted octanol–water partition coefficient (Wildman–Crippen LogP) is 2.23. The average Bonchev–Trinajstić information content (AvgIpc) is 2.66. The molecule has 0 saturated heterocycles. The van der Waals surface area contributed by atoms with Gasteiger partial charge in [-0.2, -0.15) is 0 Å². The van der Waals surface area contributed by atoms with Gasteiger partial charge < -0.3 is 19.9 Å². The van der Waals surface area contributed by atoms with Crippen molar-refractivity contribution < 1.29 is 9.53 Å². The summed E-state index contributed by atoms with van der Waals surface area (Å²) >= 11 is 0. The van der Waals surface area contributed by atoms with Crippen LogP contribution in [0.5, 0.6) is 5.75 Å². The molecule has 0 spiro atoms. The first-order valence-corrected chi connectivity index (χ1v) is 9.20. The summed E-state index contributed by atoms with van der Waals surface area (Å²) in [5.41, 5.74) is 2.57. The van der Waals surface area contributed by atoms with E-state index < -0.39 is 0 Å². The van der Waals surface area contributed by atoms with E-state index in [1.165, 1.54) is 11.1 Å². The molecule has 6 heteroatoms. The molecule has 142 valence electrons. The summed E-state index contributed by atoms with van der Waals surface area (Å²) in [6.07, 6.45) is 3.18. The zero-order valence-corrected chi connectivity index (χ0v) is 16.3. The second kappa shape index (κ2) is 9.85. The molecule has 6 nitrogen and oxygen atoms in total. The zero-order chi connectivity index (χ0) is 18.9. The molecule has 0 aromatic heterocycles. The first-order chi connectivity index (χ1) is 12.5. The molecule has 1 aromatic carbocycles. The second-order valence-electron chi connectivity index (χ2n) is 6.34. The van der Waals surface area contributed by atoms with Crippen LogP contribution in [0, 0.1) is 0 Å². The molecule has 0 aliphatic carbocycles. The molecule has 1 aliphatic heterocycles. The molecule has 1 aromatic rings. The highest BCUT2D eigenvalue weighted by Crippen LogP contribution is 2.24. The summed E-state index contributed by atoms with van der Waals surface area (Å²) < 4.78 is 5.50. The van der Waals surface area contributed by atoms with Crippen molar-refractivity contribution in [3.63, 3.8) is 0 Å². The van der Waals surface area contributed by atoms with Gasteiger partial charge in [-0.25, -0.2) is 4.99 Å². The van der Waals surface area contributed by atoms with E-state index in [1.54, 1.807) is 19.0 Å². The number of hydrogen-bond acceptors (Lipinski definition) is 3. The van der Waals surface area contributed by atoms with Gasteiger partial charge in [0.25, 0.3) is 0 Å². The van der Waals surface area contributed by atoms with Crippen LogP contribution in [-0.4, -0.2) is 68.5 Å². The van der Waals surface area contributed by atoms with Gasteiger partial charge in [-0.15, -0.1) is 0 Å². The fraction of sp³-hybridized carbons (Fsp3) is 0.500. The summed E-state index contributed by atoms with van der Waals surface area (Å²) in [7, 11) is 3.50. The first kappa shape index (κ1) is 19.8. The Labute approximate surface area is 156 Å². The normalized spacial score (nSPS) is 14.7. The number of ether oxygens (including phenoxy) is 1. The van der Waals surface area contributed by atoms with Gasteiger partial charge >= 0.3 is 0 Å². The highest BCUT2D eigenvalue weighted by molar-refractivity contribution is 5.85. The lowest BCUT2D eigenvalue weighted by Gasteiger charge is -2.30. The molecule has 1 heterocycles. The van der Waals surface area contributed by atoms with Crippen molar-refractivity contribution in [2.75, 3.05) is 46.9 Å². The van der Waals surface area contributed by atoms with Crippen molar-refractivity contribution >= 4 is 17.4 Å². The lowest BCUT2D eigenvalue weighted by molar-refractivity contribution is -0.127. The molecule has 26 heavy (non-hydrogen) atoms. The van der Waals surface area contributed by atoms with Gasteiger partial charge in [-0.3, -0.25) is 4.79 Å². The standard InChI is InChI=1S/C20H30N4O2/c1-5-21-20(22-15-19(25)23(3)4)24-13-11-17(12-14-24)16-7-9-18(10-8-16)26-6-2/h7-11H,5-6,12-15H2,1-4H3,(H,21,22). The summed E-state index contributed by atoms with van der Waals surface area (Å²) in [5, 5.41) is 3.28. The number of benzene rings is 1. The molecular weight excluding hydrogens is 328 g/mol. The summed E-state index contributed by atoms with van der Waals surface area (Å²) in [6.45, 7) is 7.31. The Morgan fingerprint density at radius 3 is 2.54 bits per heavy atom. The number of guanidine groups is 1. The van der Waals surface area contributed by atoms with Crippen LogP contribution in [0.3, 0.4) is 0 Å². The van der Waals surface area contributed by atoms with E-state index in [2.05, 4.69) is 33.4 Å². The maximum Gasteiger partial charge on any atom is 0.243 e. The quantitative estimate of drug-likeness (QED) is 0.626. The lowest BCUT2D eigenvalue weighted by Crippen LogP contribution is -2.44. The largest absolute Gasteiger partial charge is 0.494 e. The first-order valence-electron chi connectivity index (χ1n) is 9.20. The molecule has 0 atom stereocenters. The van der Waals surface area contributed by atoms with E-state index in [0.29, 0.717) is 6.61 Å². The van der Waals surface area contributed by atoms with Crippen LogP contribution in [0.2, 0.25) is 0 Å². The Kier molecular flexibility index (Phi) is 7.51. The maximum absolute atomic E-state index is 11.8. The Morgan fingerprint density at radius 2 is 2.00 bits per heavy atom. The maximum atomic E-state index is 11.8. The van der Waals surface area contributed by atoms with Crippen LogP contribution in [0.1, 0.15) is 25.8 Å². The van der Waals surface area contributed by atoms with E-state index >= 15 is 0 Å². The van der Waals surface area contributed by atoms with Crippen molar-refractivity contribution in [3.05, 3.63) is 35.9 Å². The van der Waals surface area contributed by atoms with Gasteiger partial charge in [0.2, 0.25) is 5.91 Å². The van der Waals surface area contributed by atoms with Crippen LogP contribution in [0.25, 0.3) is 5.57 Å². The van der Waals surface area contributed by atoms with Crippen LogP contribution in [0.4, 0.5) is 0 Å². The average molecular weight is 358 g/mol. The highest BCUT2D eigenvalue weighted by Gasteiger charge is 2.17. The third kappa shape index (κ3) is 5.51. The lowest BCUT2D eigenvalue weighted by atomic mass is 9.99. The minimum absolute atomic E-state index is 0.00281. The third-order valence-corrected chi connectivity index (χ3v) is 4.24. The molecule has 0 bridgehead atoms. The fourth-order valence-corrected chi connectivity index (χ4v) is 2.77. The molecule has 0 radical (unpaired) electrons. The van der Waals surface area contributed by atoms with E-state index in [1.807, 2.05) is 26.0 Å². The molecule has 2 rings (SSSR count). The number of likely N-dealkylation sites (N-methyl/N-ethyl adjacent to an activating group) is 1. The second-order valence-corrected chi connectivity index (χ2v) is 6.34. The molecule has 1 amide bonds. The monoisotopic (exact) mass is 358 g/mol. The Hall–Kier alpha value is -2.50. The molecule has 0 unspecified atom stereocenters. The number of hydrogen-bond donors (Lipinski definition) is 1. The molecule has 0 saturated carbocycles. The van der Waals surface area contributed by atoms with Crippen LogP contribution < -0.4 is 10.1 Å². The van der Waals surface area contributed by atoms with Crippen LogP contribution >= 0.6 is 0 Å². The zero-order valence-electron chi connectivity index (χ0n) is 16.3. The minimum atomic E-state index is 0.00281. The molecule has 0 fully saturated rings. The van der Waals surface area contributed by atoms with Crippen molar-refractivity contribution in [2.24, 2.45) is 4.99 Å². The van der Waals surface area contributed by atoms with Crippen molar-refractivity contribution in [1.82, 2.24) is 15.1 Å². The van der Waals surface area contributed by atoms with Crippen LogP contribution in [-0.2, 0) is 4.79 Å². The Morgan fingerprint density at radius 1 is 1.27 bits per heavy atom. The number of nitrogens with zero attached hydrogens (tertiary/aromatic N) is 3. The molecule has 1 N–H and O–H groups in total. The molecule has 1 aliphatic rings. The number of carbonyl (C=O) groups is 1. The third-order valence-electron chi connectivity index (χ3n) is 4.24. The summed E-state index contributed by atoms with van der Waals surface area (Å²) in [6, 6.07) is 8.26. The topological polar surface area (TPSA) is 57.2 Å². The van der Waals surface area contributed by atoms with Crippen LogP contribution in [0.15, 0.2) is 35.3 Å². The van der Waals surface area contributed by atoms with E-state index in [-0.39, 0.29) is 12.5 Å². The number of rotatable bonds is 6. The van der Waals surface area contributed by atoms with E-state index in [0.717, 1.165) is 37.8 Å². The Balaban J connectivity index is 2.03.